The molecule has 1 heterocycles. The van der Waals surface area contributed by atoms with Crippen LogP contribution in [0.2, 0.25) is 5.02 Å². The van der Waals surface area contributed by atoms with Crippen molar-refractivity contribution in [2.45, 2.75) is 19.3 Å². The van der Waals surface area contributed by atoms with Gasteiger partial charge in [0, 0.05) is 23.6 Å². The number of hydrogen-bond acceptors (Lipinski definition) is 2. The van der Waals surface area contributed by atoms with Gasteiger partial charge in [0.2, 0.25) is 5.91 Å². The van der Waals surface area contributed by atoms with E-state index in [2.05, 4.69) is 11.4 Å². The van der Waals surface area contributed by atoms with Crippen molar-refractivity contribution in [1.82, 2.24) is 0 Å². The van der Waals surface area contributed by atoms with Gasteiger partial charge in [-0.3, -0.25) is 4.79 Å². The average Bonchev–Trinajstić information content (AvgIpc) is 2.95. The Kier molecular flexibility index (Phi) is 4.11. The molecule has 2 aromatic rings. The van der Waals surface area contributed by atoms with Crippen molar-refractivity contribution in [3.8, 4) is 5.75 Å². The van der Waals surface area contributed by atoms with Gasteiger partial charge in [-0.15, -0.1) is 0 Å². The van der Waals surface area contributed by atoms with Gasteiger partial charge in [-0.25, -0.2) is 0 Å². The first-order valence-electron chi connectivity index (χ1n) is 7.01. The summed E-state index contributed by atoms with van der Waals surface area (Å²) in [5.41, 5.74) is 3.18. The molecular weight excluding hydrogens is 286 g/mol. The number of carbonyl (C=O) groups excluding carboxylic acids is 1. The van der Waals surface area contributed by atoms with E-state index in [1.54, 1.807) is 24.3 Å². The van der Waals surface area contributed by atoms with Crippen LogP contribution in [0.25, 0.3) is 0 Å². The van der Waals surface area contributed by atoms with Gasteiger partial charge in [0.15, 0.2) is 0 Å². The molecule has 2 aromatic carbocycles. The molecule has 0 aliphatic carbocycles. The maximum Gasteiger partial charge on any atom is 0.224 e. The van der Waals surface area contributed by atoms with Gasteiger partial charge in [0.1, 0.15) is 5.75 Å². The van der Waals surface area contributed by atoms with Crippen LogP contribution in [-0.2, 0) is 17.6 Å². The normalized spacial score (nSPS) is 12.6. The summed E-state index contributed by atoms with van der Waals surface area (Å²) in [5.74, 6) is 0.985. The van der Waals surface area contributed by atoms with E-state index in [-0.39, 0.29) is 5.91 Å². The Morgan fingerprint density at radius 1 is 1.19 bits per heavy atom. The van der Waals surface area contributed by atoms with Gasteiger partial charge in [0.25, 0.3) is 0 Å². The number of halogens is 1. The number of rotatable bonds is 4. The SMILES string of the molecule is O=C(CCc1ccc2c(c1)CCO2)Nc1ccc(Cl)cc1. The number of ether oxygens (including phenoxy) is 1. The molecule has 3 rings (SSSR count). The molecule has 21 heavy (non-hydrogen) atoms. The molecule has 0 atom stereocenters. The van der Waals surface area contributed by atoms with Gasteiger partial charge in [-0.05, 0) is 47.9 Å². The molecule has 0 saturated heterocycles. The van der Waals surface area contributed by atoms with E-state index >= 15 is 0 Å². The van der Waals surface area contributed by atoms with Crippen molar-refractivity contribution in [2.24, 2.45) is 0 Å². The monoisotopic (exact) mass is 301 g/mol. The lowest BCUT2D eigenvalue weighted by atomic mass is 10.0. The lowest BCUT2D eigenvalue weighted by molar-refractivity contribution is -0.116. The third-order valence-electron chi connectivity index (χ3n) is 3.52. The number of amides is 1. The summed E-state index contributed by atoms with van der Waals surface area (Å²) >= 11 is 5.81. The van der Waals surface area contributed by atoms with Gasteiger partial charge < -0.3 is 10.1 Å². The molecule has 0 aromatic heterocycles. The van der Waals surface area contributed by atoms with Crippen molar-refractivity contribution in [3.05, 3.63) is 58.6 Å². The van der Waals surface area contributed by atoms with Gasteiger partial charge in [-0.2, -0.15) is 0 Å². The highest BCUT2D eigenvalue weighted by Crippen LogP contribution is 2.26. The number of fused-ring (bicyclic) bond motifs is 1. The highest BCUT2D eigenvalue weighted by Gasteiger charge is 2.12. The second-order valence-corrected chi connectivity index (χ2v) is 5.53. The summed E-state index contributed by atoms with van der Waals surface area (Å²) in [6, 6.07) is 13.3. The first-order chi connectivity index (χ1) is 10.2. The molecule has 1 aliphatic heterocycles. The molecule has 0 unspecified atom stereocenters. The zero-order valence-corrected chi connectivity index (χ0v) is 12.3. The van der Waals surface area contributed by atoms with Crippen molar-refractivity contribution in [1.29, 1.82) is 0 Å². The molecule has 3 nitrogen and oxygen atoms in total. The summed E-state index contributed by atoms with van der Waals surface area (Å²) < 4.78 is 5.48. The number of aryl methyl sites for hydroxylation is 1. The minimum atomic E-state index is 0.00840. The number of carbonyl (C=O) groups is 1. The first-order valence-corrected chi connectivity index (χ1v) is 7.38. The van der Waals surface area contributed by atoms with Crippen molar-refractivity contribution in [3.63, 3.8) is 0 Å². The highest BCUT2D eigenvalue weighted by atomic mass is 35.5. The molecule has 1 aliphatic rings. The van der Waals surface area contributed by atoms with Crippen LogP contribution in [-0.4, -0.2) is 12.5 Å². The molecule has 0 saturated carbocycles. The van der Waals surface area contributed by atoms with Crippen LogP contribution in [0, 0.1) is 0 Å². The highest BCUT2D eigenvalue weighted by molar-refractivity contribution is 6.30. The number of hydrogen-bond donors (Lipinski definition) is 1. The summed E-state index contributed by atoms with van der Waals surface area (Å²) in [6.45, 7) is 0.760. The summed E-state index contributed by atoms with van der Waals surface area (Å²) in [6.07, 6.45) is 2.15. The lowest BCUT2D eigenvalue weighted by Gasteiger charge is -2.06. The van der Waals surface area contributed by atoms with E-state index in [4.69, 9.17) is 16.3 Å². The standard InChI is InChI=1S/C17H16ClNO2/c18-14-3-5-15(6-4-14)19-17(20)8-2-12-1-7-16-13(11-12)9-10-21-16/h1,3-7,11H,2,8-10H2,(H,19,20). The van der Waals surface area contributed by atoms with Crippen LogP contribution in [0.15, 0.2) is 42.5 Å². The van der Waals surface area contributed by atoms with Gasteiger partial charge in [0.05, 0.1) is 6.61 Å². The molecule has 0 spiro atoms. The summed E-state index contributed by atoms with van der Waals surface area (Å²) in [7, 11) is 0. The third-order valence-corrected chi connectivity index (χ3v) is 3.77. The van der Waals surface area contributed by atoms with E-state index in [1.165, 1.54) is 11.1 Å². The Morgan fingerprint density at radius 2 is 2.00 bits per heavy atom. The average molecular weight is 302 g/mol. The van der Waals surface area contributed by atoms with Crippen LogP contribution in [0.5, 0.6) is 5.75 Å². The maximum atomic E-state index is 11.9. The molecule has 1 amide bonds. The zero-order valence-electron chi connectivity index (χ0n) is 11.6. The second-order valence-electron chi connectivity index (χ2n) is 5.10. The molecular formula is C17H16ClNO2. The van der Waals surface area contributed by atoms with E-state index < -0.39 is 0 Å². The Hall–Kier alpha value is -2.00. The molecule has 108 valence electrons. The maximum absolute atomic E-state index is 11.9. The Balaban J connectivity index is 1.55. The summed E-state index contributed by atoms with van der Waals surface area (Å²) in [5, 5.41) is 3.53. The van der Waals surface area contributed by atoms with E-state index in [1.807, 2.05) is 12.1 Å². The predicted octanol–water partition coefficient (Wildman–Crippen LogP) is 3.85. The largest absolute Gasteiger partial charge is 0.493 e. The second kappa shape index (κ2) is 6.19. The minimum Gasteiger partial charge on any atom is -0.493 e. The van der Waals surface area contributed by atoms with Crippen LogP contribution in [0.4, 0.5) is 5.69 Å². The van der Waals surface area contributed by atoms with Gasteiger partial charge in [-0.1, -0.05) is 23.7 Å². The number of anilines is 1. The molecule has 4 heteroatoms. The Morgan fingerprint density at radius 3 is 2.81 bits per heavy atom. The Labute approximate surface area is 128 Å². The van der Waals surface area contributed by atoms with Crippen LogP contribution >= 0.6 is 11.6 Å². The quantitative estimate of drug-likeness (QED) is 0.931. The topological polar surface area (TPSA) is 38.3 Å². The third kappa shape index (κ3) is 3.56. The first kappa shape index (κ1) is 14.0. The lowest BCUT2D eigenvalue weighted by Crippen LogP contribution is -2.12. The number of benzene rings is 2. The van der Waals surface area contributed by atoms with Crippen molar-refractivity contribution < 1.29 is 9.53 Å². The van der Waals surface area contributed by atoms with Crippen LogP contribution < -0.4 is 10.1 Å². The number of nitrogens with one attached hydrogen (secondary N) is 1. The Bertz CT molecular complexity index is 652. The molecule has 0 fully saturated rings. The smallest absolute Gasteiger partial charge is 0.224 e. The van der Waals surface area contributed by atoms with Crippen molar-refractivity contribution >= 4 is 23.2 Å². The zero-order chi connectivity index (χ0) is 14.7. The van der Waals surface area contributed by atoms with E-state index in [0.29, 0.717) is 11.4 Å². The fourth-order valence-electron chi connectivity index (χ4n) is 2.41. The van der Waals surface area contributed by atoms with Gasteiger partial charge >= 0.3 is 0 Å². The van der Waals surface area contributed by atoms with Crippen LogP contribution in [0.3, 0.4) is 0 Å². The van der Waals surface area contributed by atoms with E-state index in [0.717, 1.165) is 30.9 Å². The minimum absolute atomic E-state index is 0.00840. The van der Waals surface area contributed by atoms with Crippen LogP contribution in [0.1, 0.15) is 17.5 Å². The predicted molar refractivity (Wildman–Crippen MR) is 84.0 cm³/mol. The summed E-state index contributed by atoms with van der Waals surface area (Å²) in [4.78, 5) is 11.9. The fraction of sp³-hybridized carbons (Fsp3) is 0.235. The molecule has 1 N–H and O–H groups in total. The van der Waals surface area contributed by atoms with E-state index in [9.17, 15) is 4.79 Å². The molecule has 0 radical (unpaired) electrons. The van der Waals surface area contributed by atoms with Crippen molar-refractivity contribution in [2.75, 3.05) is 11.9 Å². The molecule has 0 bridgehead atoms. The fourth-order valence-corrected chi connectivity index (χ4v) is 2.54.